The Morgan fingerprint density at radius 1 is 0.632 bits per heavy atom. The molecule has 2 aromatic heterocycles. The van der Waals surface area contributed by atoms with Crippen molar-refractivity contribution in [2.75, 3.05) is 10.6 Å². The molecule has 0 spiro atoms. The summed E-state index contributed by atoms with van der Waals surface area (Å²) in [5.74, 6) is -0.833. The van der Waals surface area contributed by atoms with Crippen molar-refractivity contribution in [1.82, 2.24) is 0 Å². The third-order valence-electron chi connectivity index (χ3n) is 7.44. The Morgan fingerprint density at radius 2 is 1.03 bits per heavy atom. The molecule has 0 aliphatic heterocycles. The lowest BCUT2D eigenvalue weighted by Crippen LogP contribution is -2.20. The third-order valence-corrected chi connectivity index (χ3v) is 9.85. The van der Waals surface area contributed by atoms with E-state index in [0.29, 0.717) is 21.1 Å². The number of hydrogen-bond acceptors (Lipinski definition) is 6. The molecule has 3 aromatic rings. The molecule has 194 valence electrons. The molecule has 0 saturated heterocycles. The highest BCUT2D eigenvalue weighted by molar-refractivity contribution is 7.17. The Kier molecular flexibility index (Phi) is 8.22. The molecule has 2 heterocycles. The van der Waals surface area contributed by atoms with Crippen LogP contribution in [0.2, 0.25) is 0 Å². The minimum absolute atomic E-state index is 0.239. The van der Waals surface area contributed by atoms with Crippen molar-refractivity contribution in [3.05, 3.63) is 67.4 Å². The summed E-state index contributed by atoms with van der Waals surface area (Å²) in [4.78, 5) is 29.2. The molecular weight excluding hydrogens is 512 g/mol. The van der Waals surface area contributed by atoms with E-state index >= 15 is 0 Å². The van der Waals surface area contributed by atoms with Gasteiger partial charge in [-0.15, -0.1) is 22.7 Å². The highest BCUT2D eigenvalue weighted by Crippen LogP contribution is 2.38. The number of nitriles is 2. The molecule has 0 saturated carbocycles. The van der Waals surface area contributed by atoms with Crippen LogP contribution in [0.5, 0.6) is 0 Å². The molecule has 5 rings (SSSR count). The molecule has 0 atom stereocenters. The number of hydrogen-bond donors (Lipinski definition) is 2. The lowest BCUT2D eigenvalue weighted by molar-refractivity contribution is 0.0991. The molecule has 0 bridgehead atoms. The molecule has 2 aliphatic carbocycles. The zero-order valence-corrected chi connectivity index (χ0v) is 23.0. The number of fused-ring (bicyclic) bond motifs is 2. The van der Waals surface area contributed by atoms with E-state index in [1.165, 1.54) is 45.3 Å². The summed E-state index contributed by atoms with van der Waals surface area (Å²) < 4.78 is 0. The second-order valence-electron chi connectivity index (χ2n) is 9.92. The van der Waals surface area contributed by atoms with E-state index < -0.39 is 11.8 Å². The summed E-state index contributed by atoms with van der Waals surface area (Å²) in [5.41, 5.74) is 3.71. The van der Waals surface area contributed by atoms with Gasteiger partial charge in [0, 0.05) is 9.75 Å². The average Bonchev–Trinajstić information content (AvgIpc) is 3.38. The quantitative estimate of drug-likeness (QED) is 0.359. The fourth-order valence-corrected chi connectivity index (χ4v) is 7.94. The number of benzene rings is 1. The normalized spacial score (nSPS) is 15.3. The third kappa shape index (κ3) is 5.38. The van der Waals surface area contributed by atoms with Crippen LogP contribution in [0.1, 0.15) is 104 Å². The van der Waals surface area contributed by atoms with Gasteiger partial charge < -0.3 is 10.6 Å². The van der Waals surface area contributed by atoms with Crippen molar-refractivity contribution in [3.63, 3.8) is 0 Å². The van der Waals surface area contributed by atoms with Gasteiger partial charge in [-0.3, -0.25) is 9.59 Å². The second kappa shape index (κ2) is 11.9. The number of aryl methyl sites for hydroxylation is 2. The summed E-state index contributed by atoms with van der Waals surface area (Å²) >= 11 is 2.97. The first-order chi connectivity index (χ1) is 18.6. The van der Waals surface area contributed by atoms with Crippen molar-refractivity contribution in [2.45, 2.75) is 77.0 Å². The van der Waals surface area contributed by atoms with Crippen LogP contribution in [0.25, 0.3) is 0 Å². The summed E-state index contributed by atoms with van der Waals surface area (Å²) in [7, 11) is 0. The predicted molar refractivity (Wildman–Crippen MR) is 152 cm³/mol. The summed E-state index contributed by atoms with van der Waals surface area (Å²) in [6, 6.07) is 11.3. The fraction of sp³-hybridized carbons (Fsp3) is 0.400. The van der Waals surface area contributed by atoms with Crippen LogP contribution < -0.4 is 10.6 Å². The molecule has 2 N–H and O–H groups in total. The van der Waals surface area contributed by atoms with Crippen molar-refractivity contribution >= 4 is 44.5 Å². The molecule has 0 radical (unpaired) electrons. The molecule has 38 heavy (non-hydrogen) atoms. The van der Waals surface area contributed by atoms with Crippen LogP contribution in [0.3, 0.4) is 0 Å². The smallest absolute Gasteiger partial charge is 0.257 e. The van der Waals surface area contributed by atoms with Crippen LogP contribution in [-0.2, 0) is 25.7 Å². The average molecular weight is 543 g/mol. The van der Waals surface area contributed by atoms with E-state index in [1.54, 1.807) is 24.3 Å². The Labute approximate surface area is 231 Å². The number of nitrogens with one attached hydrogen (secondary N) is 2. The Bertz CT molecular complexity index is 1340. The minimum atomic E-state index is -0.416. The van der Waals surface area contributed by atoms with Crippen molar-refractivity contribution < 1.29 is 9.59 Å². The van der Waals surface area contributed by atoms with Crippen molar-refractivity contribution in [2.24, 2.45) is 0 Å². The number of amides is 2. The summed E-state index contributed by atoms with van der Waals surface area (Å²) in [6.45, 7) is 0. The number of anilines is 2. The largest absolute Gasteiger partial charge is 0.312 e. The number of thiophene rings is 2. The predicted octanol–water partition coefficient (Wildman–Crippen LogP) is 7.38. The number of carbonyl (C=O) groups is 2. The monoisotopic (exact) mass is 542 g/mol. The number of rotatable bonds is 4. The van der Waals surface area contributed by atoms with Crippen molar-refractivity contribution in [1.29, 1.82) is 10.5 Å². The first kappa shape index (κ1) is 26.2. The SMILES string of the molecule is N#Cc1c(NC(=O)c2ccccc2C(=O)Nc2sc3c(c2C#N)CCCCCC3)sc2c1CCCCCC2. The van der Waals surface area contributed by atoms with Gasteiger partial charge in [0.25, 0.3) is 11.8 Å². The van der Waals surface area contributed by atoms with Crippen LogP contribution in [0.4, 0.5) is 10.0 Å². The highest BCUT2D eigenvalue weighted by atomic mass is 32.1. The molecule has 0 fully saturated rings. The number of carbonyl (C=O) groups excluding carboxylic acids is 2. The maximum Gasteiger partial charge on any atom is 0.257 e. The molecule has 1 aromatic carbocycles. The maximum atomic E-state index is 13.4. The van der Waals surface area contributed by atoms with Gasteiger partial charge >= 0.3 is 0 Å². The lowest BCUT2D eigenvalue weighted by Gasteiger charge is -2.10. The zero-order chi connectivity index (χ0) is 26.5. The fourth-order valence-electron chi connectivity index (χ4n) is 5.47. The van der Waals surface area contributed by atoms with E-state index in [0.717, 1.165) is 75.3 Å². The highest BCUT2D eigenvalue weighted by Gasteiger charge is 2.25. The van der Waals surface area contributed by atoms with E-state index in [-0.39, 0.29) is 11.1 Å². The van der Waals surface area contributed by atoms with Gasteiger partial charge in [-0.1, -0.05) is 37.8 Å². The molecule has 0 unspecified atom stereocenters. The summed E-state index contributed by atoms with van der Waals surface area (Å²) in [6.07, 6.45) is 12.5. The van der Waals surface area contributed by atoms with Crippen LogP contribution >= 0.6 is 22.7 Å². The van der Waals surface area contributed by atoms with E-state index in [9.17, 15) is 20.1 Å². The molecule has 8 heteroatoms. The molecule has 2 aliphatic rings. The number of nitrogens with zero attached hydrogens (tertiary/aromatic N) is 2. The van der Waals surface area contributed by atoms with Gasteiger partial charge in [0.1, 0.15) is 22.1 Å². The van der Waals surface area contributed by atoms with Crippen LogP contribution in [0, 0.1) is 22.7 Å². The first-order valence-corrected chi connectivity index (χ1v) is 15.0. The van der Waals surface area contributed by atoms with E-state index in [4.69, 9.17) is 0 Å². The first-order valence-electron chi connectivity index (χ1n) is 13.4. The van der Waals surface area contributed by atoms with Gasteiger partial charge in [0.05, 0.1) is 22.3 Å². The van der Waals surface area contributed by atoms with E-state index in [2.05, 4.69) is 22.8 Å². The van der Waals surface area contributed by atoms with Gasteiger partial charge in [0.15, 0.2) is 0 Å². The molecule has 2 amide bonds. The van der Waals surface area contributed by atoms with Gasteiger partial charge in [-0.25, -0.2) is 0 Å². The lowest BCUT2D eigenvalue weighted by atomic mass is 9.97. The second-order valence-corrected chi connectivity index (χ2v) is 12.1. The van der Waals surface area contributed by atoms with Crippen LogP contribution in [-0.4, -0.2) is 11.8 Å². The maximum absolute atomic E-state index is 13.4. The van der Waals surface area contributed by atoms with Gasteiger partial charge in [-0.05, 0) is 74.6 Å². The van der Waals surface area contributed by atoms with E-state index in [1.807, 2.05) is 0 Å². The standard InChI is InChI=1S/C30H30N4O2S2/c31-17-23-19-11-5-1-3-7-15-25(19)37-29(23)33-27(35)21-13-9-10-14-22(21)28(36)34-30-24(18-32)20-12-6-2-4-8-16-26(20)38-30/h9-10,13-14H,1-8,11-12,15-16H2,(H,33,35)(H,34,36). The Hall–Kier alpha value is -3.46. The van der Waals surface area contributed by atoms with Gasteiger partial charge in [0.2, 0.25) is 0 Å². The van der Waals surface area contributed by atoms with Crippen LogP contribution in [0.15, 0.2) is 24.3 Å². The molecular formula is C30H30N4O2S2. The Morgan fingerprint density at radius 3 is 1.42 bits per heavy atom. The molecule has 6 nitrogen and oxygen atoms in total. The summed E-state index contributed by atoms with van der Waals surface area (Å²) in [5, 5.41) is 26.8. The minimum Gasteiger partial charge on any atom is -0.312 e. The Balaban J connectivity index is 1.40. The topological polar surface area (TPSA) is 106 Å². The zero-order valence-electron chi connectivity index (χ0n) is 21.3. The van der Waals surface area contributed by atoms with Gasteiger partial charge in [-0.2, -0.15) is 10.5 Å². The van der Waals surface area contributed by atoms with Crippen molar-refractivity contribution in [3.8, 4) is 12.1 Å².